The van der Waals surface area contributed by atoms with Crippen LogP contribution in [0.1, 0.15) is 31.0 Å². The highest BCUT2D eigenvalue weighted by molar-refractivity contribution is 14.0. The Hall–Kier alpha value is -1.40. The van der Waals surface area contributed by atoms with E-state index in [0.29, 0.717) is 13.1 Å². The largest absolute Gasteiger partial charge is 0.356 e. The second-order valence-corrected chi connectivity index (χ2v) is 9.38. The lowest BCUT2D eigenvalue weighted by atomic mass is 10.1. The van der Waals surface area contributed by atoms with Gasteiger partial charge in [0, 0.05) is 51.5 Å². The summed E-state index contributed by atoms with van der Waals surface area (Å²) in [6.07, 6.45) is 6.44. The molecule has 1 fully saturated rings. The van der Waals surface area contributed by atoms with Gasteiger partial charge >= 0.3 is 0 Å². The van der Waals surface area contributed by atoms with Gasteiger partial charge in [-0.05, 0) is 38.3 Å². The van der Waals surface area contributed by atoms with Gasteiger partial charge in [0.15, 0.2) is 5.96 Å². The molecule has 0 aliphatic carbocycles. The molecule has 0 bridgehead atoms. The van der Waals surface area contributed by atoms with Crippen molar-refractivity contribution in [2.24, 2.45) is 4.99 Å². The number of imidazole rings is 1. The second-order valence-electron chi connectivity index (χ2n) is 7.12. The second kappa shape index (κ2) is 10.6. The molecule has 0 unspecified atom stereocenters. The molecule has 0 aromatic carbocycles. The van der Waals surface area contributed by atoms with Gasteiger partial charge < -0.3 is 15.0 Å². The summed E-state index contributed by atoms with van der Waals surface area (Å²) in [5.74, 6) is 0.911. The van der Waals surface area contributed by atoms with E-state index in [0.717, 1.165) is 48.7 Å². The first-order valence-corrected chi connectivity index (χ1v) is 11.4. The Morgan fingerprint density at radius 2 is 2.07 bits per heavy atom. The number of rotatable bonds is 6. The maximum atomic E-state index is 12.0. The molecule has 2 aromatic heterocycles. The van der Waals surface area contributed by atoms with E-state index in [1.54, 1.807) is 18.3 Å². The van der Waals surface area contributed by atoms with E-state index in [2.05, 4.69) is 39.2 Å². The zero-order chi connectivity index (χ0) is 20.1. The summed E-state index contributed by atoms with van der Waals surface area (Å²) < 4.78 is 27.6. The van der Waals surface area contributed by atoms with Gasteiger partial charge in [0.05, 0.1) is 11.4 Å². The van der Waals surface area contributed by atoms with Gasteiger partial charge in [0.1, 0.15) is 5.65 Å². The molecule has 8 nitrogen and oxygen atoms in total. The first kappa shape index (κ1) is 23.9. The Morgan fingerprint density at radius 3 is 2.69 bits per heavy atom. The number of piperidine rings is 1. The molecule has 3 heterocycles. The average Bonchev–Trinajstić information content (AvgIpc) is 3.12. The zero-order valence-corrected chi connectivity index (χ0v) is 20.4. The maximum Gasteiger partial charge on any atom is 0.213 e. The molecule has 162 valence electrons. The predicted octanol–water partition coefficient (Wildman–Crippen LogP) is 1.78. The molecule has 10 heteroatoms. The number of hydrogen-bond donors (Lipinski definition) is 2. The van der Waals surface area contributed by atoms with E-state index in [4.69, 9.17) is 4.98 Å². The molecule has 0 saturated carbocycles. The number of aliphatic imine (C=N–C) groups is 1. The molecule has 1 aliphatic heterocycles. The summed E-state index contributed by atoms with van der Waals surface area (Å²) in [6, 6.07) is 4.31. The van der Waals surface area contributed by atoms with Crippen molar-refractivity contribution < 1.29 is 8.42 Å². The molecule has 0 amide bonds. The number of nitrogens with zero attached hydrogens (tertiary/aromatic N) is 4. The van der Waals surface area contributed by atoms with Crippen LogP contribution in [-0.2, 0) is 16.4 Å². The third-order valence-electron chi connectivity index (χ3n) is 5.18. The van der Waals surface area contributed by atoms with Gasteiger partial charge in [0.2, 0.25) is 10.0 Å². The van der Waals surface area contributed by atoms with E-state index in [1.807, 2.05) is 12.3 Å². The van der Waals surface area contributed by atoms with Gasteiger partial charge in [-0.3, -0.25) is 4.99 Å². The number of sulfonamides is 1. The highest BCUT2D eigenvalue weighted by atomic mass is 127. The van der Waals surface area contributed by atoms with Gasteiger partial charge in [-0.2, -0.15) is 0 Å². The monoisotopic (exact) mass is 534 g/mol. The summed E-state index contributed by atoms with van der Waals surface area (Å²) in [4.78, 5) is 8.98. The van der Waals surface area contributed by atoms with Crippen molar-refractivity contribution in [2.45, 2.75) is 39.2 Å². The summed E-state index contributed by atoms with van der Waals surface area (Å²) in [7, 11) is -1.34. The molecule has 0 spiro atoms. The van der Waals surface area contributed by atoms with Crippen LogP contribution in [0.3, 0.4) is 0 Å². The molecule has 2 N–H and O–H groups in total. The van der Waals surface area contributed by atoms with Crippen LogP contribution >= 0.6 is 24.0 Å². The van der Waals surface area contributed by atoms with Crippen molar-refractivity contribution >= 4 is 45.6 Å². The van der Waals surface area contributed by atoms with Crippen LogP contribution in [0.2, 0.25) is 0 Å². The maximum absolute atomic E-state index is 12.0. The molecule has 1 aliphatic rings. The SMILES string of the molecule is CCS(=O)(=O)N1CCC(NC(=NC)NCCc2cn3cccc(C)c3n2)CC1.I. The van der Waals surface area contributed by atoms with Crippen LogP contribution in [0, 0.1) is 6.92 Å². The molecule has 3 rings (SSSR count). The fourth-order valence-electron chi connectivity index (χ4n) is 3.48. The summed E-state index contributed by atoms with van der Waals surface area (Å²) >= 11 is 0. The van der Waals surface area contributed by atoms with E-state index in [9.17, 15) is 8.42 Å². The average molecular weight is 534 g/mol. The van der Waals surface area contributed by atoms with Crippen LogP contribution in [0.25, 0.3) is 5.65 Å². The first-order valence-electron chi connectivity index (χ1n) is 9.81. The molecule has 0 radical (unpaired) electrons. The van der Waals surface area contributed by atoms with Gasteiger partial charge in [-0.1, -0.05) is 6.07 Å². The lowest BCUT2D eigenvalue weighted by Gasteiger charge is -2.32. The Balaban J connectivity index is 0.00000300. The molecule has 1 saturated heterocycles. The standard InChI is InChI=1S/C19H30N6O2S.HI/c1-4-28(26,27)25-12-8-16(9-13-25)23-19(20-3)21-10-7-17-14-24-11-5-6-15(2)18(24)22-17;/h5-6,11,14,16H,4,7-10,12-13H2,1-3H3,(H2,20,21,23);1H. The number of aromatic nitrogens is 2. The number of nitrogens with one attached hydrogen (secondary N) is 2. The van der Waals surface area contributed by atoms with E-state index in [-0.39, 0.29) is 35.8 Å². The molecular weight excluding hydrogens is 503 g/mol. The highest BCUT2D eigenvalue weighted by Gasteiger charge is 2.26. The third-order valence-corrected chi connectivity index (χ3v) is 7.06. The van der Waals surface area contributed by atoms with Gasteiger partial charge in [0.25, 0.3) is 0 Å². The van der Waals surface area contributed by atoms with Crippen molar-refractivity contribution in [1.29, 1.82) is 0 Å². The van der Waals surface area contributed by atoms with E-state index >= 15 is 0 Å². The number of aryl methyl sites for hydroxylation is 1. The Labute approximate surface area is 190 Å². The third kappa shape index (κ3) is 6.05. The Kier molecular flexibility index (Phi) is 8.71. The van der Waals surface area contributed by atoms with Crippen LogP contribution in [-0.4, -0.2) is 66.5 Å². The number of halogens is 1. The van der Waals surface area contributed by atoms with Gasteiger partial charge in [-0.25, -0.2) is 17.7 Å². The summed E-state index contributed by atoms with van der Waals surface area (Å²) in [5, 5.41) is 6.74. The summed E-state index contributed by atoms with van der Waals surface area (Å²) in [5.41, 5.74) is 3.19. The van der Waals surface area contributed by atoms with Crippen molar-refractivity contribution in [1.82, 2.24) is 24.3 Å². The van der Waals surface area contributed by atoms with Crippen LogP contribution in [0.15, 0.2) is 29.5 Å². The topological polar surface area (TPSA) is 91.1 Å². The highest BCUT2D eigenvalue weighted by Crippen LogP contribution is 2.14. The minimum absolute atomic E-state index is 0. The van der Waals surface area contributed by atoms with E-state index in [1.165, 1.54) is 0 Å². The molecule has 29 heavy (non-hydrogen) atoms. The Bertz CT molecular complexity index is 935. The number of pyridine rings is 1. The number of hydrogen-bond acceptors (Lipinski definition) is 4. The smallest absolute Gasteiger partial charge is 0.213 e. The van der Waals surface area contributed by atoms with Crippen molar-refractivity contribution in [3.8, 4) is 0 Å². The zero-order valence-electron chi connectivity index (χ0n) is 17.3. The lowest BCUT2D eigenvalue weighted by molar-refractivity contribution is 0.306. The van der Waals surface area contributed by atoms with Crippen LogP contribution in [0.4, 0.5) is 0 Å². The quantitative estimate of drug-likeness (QED) is 0.335. The first-order chi connectivity index (χ1) is 13.4. The number of guanidine groups is 1. The van der Waals surface area contributed by atoms with Crippen LogP contribution in [0.5, 0.6) is 0 Å². The lowest BCUT2D eigenvalue weighted by Crippen LogP contribution is -2.50. The summed E-state index contributed by atoms with van der Waals surface area (Å²) in [6.45, 7) is 5.60. The molecule has 0 atom stereocenters. The fourth-order valence-corrected chi connectivity index (χ4v) is 4.61. The van der Waals surface area contributed by atoms with Crippen LogP contribution < -0.4 is 10.6 Å². The van der Waals surface area contributed by atoms with Crippen molar-refractivity contribution in [2.75, 3.05) is 32.4 Å². The predicted molar refractivity (Wildman–Crippen MR) is 128 cm³/mol. The minimum Gasteiger partial charge on any atom is -0.356 e. The number of fused-ring (bicyclic) bond motifs is 1. The van der Waals surface area contributed by atoms with Crippen molar-refractivity contribution in [3.05, 3.63) is 35.8 Å². The molecule has 2 aromatic rings. The fraction of sp³-hybridized carbons (Fsp3) is 0.579. The minimum atomic E-state index is -3.09. The van der Waals surface area contributed by atoms with Crippen molar-refractivity contribution in [3.63, 3.8) is 0 Å². The Morgan fingerprint density at radius 1 is 1.34 bits per heavy atom. The van der Waals surface area contributed by atoms with E-state index < -0.39 is 10.0 Å². The molecular formula is C19H31IN6O2S. The normalized spacial score (nSPS) is 16.6. The van der Waals surface area contributed by atoms with Gasteiger partial charge in [-0.15, -0.1) is 24.0 Å².